The summed E-state index contributed by atoms with van der Waals surface area (Å²) >= 11 is 0. The molecule has 0 aliphatic rings. The molecular weight excluding hydrogens is 207 g/mol. The van der Waals surface area contributed by atoms with Gasteiger partial charge in [-0.05, 0) is 44.6 Å². The van der Waals surface area contributed by atoms with E-state index in [1.165, 1.54) is 6.07 Å². The Hall–Kier alpha value is -1.42. The van der Waals surface area contributed by atoms with Gasteiger partial charge in [-0.25, -0.2) is 4.39 Å². The van der Waals surface area contributed by atoms with Crippen LogP contribution in [0, 0.1) is 12.7 Å². The highest BCUT2D eigenvalue weighted by atomic mass is 19.1. The summed E-state index contributed by atoms with van der Waals surface area (Å²) in [6, 6.07) is 4.66. The zero-order valence-corrected chi connectivity index (χ0v) is 9.64. The highest BCUT2D eigenvalue weighted by Gasteiger charge is 2.06. The van der Waals surface area contributed by atoms with Crippen molar-refractivity contribution in [3.05, 3.63) is 29.6 Å². The average molecular weight is 224 g/mol. The van der Waals surface area contributed by atoms with Crippen LogP contribution in [0.2, 0.25) is 0 Å². The van der Waals surface area contributed by atoms with Crippen LogP contribution in [0.5, 0.6) is 0 Å². The van der Waals surface area contributed by atoms with Crippen molar-refractivity contribution >= 4 is 11.6 Å². The minimum Gasteiger partial charge on any atom is -0.324 e. The van der Waals surface area contributed by atoms with Gasteiger partial charge in [0.25, 0.3) is 0 Å². The molecule has 1 rings (SSSR count). The number of amides is 1. The molecule has 0 saturated heterocycles. The summed E-state index contributed by atoms with van der Waals surface area (Å²) in [6.45, 7) is 2.64. The van der Waals surface area contributed by atoms with Crippen molar-refractivity contribution in [2.24, 2.45) is 0 Å². The number of carbonyl (C=O) groups excluding carboxylic acids is 1. The van der Waals surface area contributed by atoms with Gasteiger partial charge in [0.15, 0.2) is 0 Å². The number of halogens is 1. The van der Waals surface area contributed by atoms with Crippen LogP contribution in [0.1, 0.15) is 18.4 Å². The molecule has 0 spiro atoms. The first kappa shape index (κ1) is 12.6. The smallest absolute Gasteiger partial charge is 0.224 e. The molecule has 1 amide bonds. The lowest BCUT2D eigenvalue weighted by Crippen LogP contribution is -2.15. The molecule has 0 aromatic heterocycles. The highest BCUT2D eigenvalue weighted by molar-refractivity contribution is 5.90. The molecule has 0 fully saturated rings. The van der Waals surface area contributed by atoms with E-state index in [1.807, 2.05) is 14.0 Å². The third kappa shape index (κ3) is 3.98. The number of hydrogen-bond acceptors (Lipinski definition) is 2. The van der Waals surface area contributed by atoms with Gasteiger partial charge in [-0.15, -0.1) is 0 Å². The van der Waals surface area contributed by atoms with Crippen LogP contribution < -0.4 is 10.6 Å². The van der Waals surface area contributed by atoms with E-state index in [0.29, 0.717) is 6.42 Å². The van der Waals surface area contributed by atoms with Crippen LogP contribution in [0.4, 0.5) is 10.1 Å². The molecule has 0 aliphatic heterocycles. The first-order valence-electron chi connectivity index (χ1n) is 5.34. The van der Waals surface area contributed by atoms with Crippen LogP contribution in [0.3, 0.4) is 0 Å². The van der Waals surface area contributed by atoms with Crippen molar-refractivity contribution in [1.29, 1.82) is 0 Å². The summed E-state index contributed by atoms with van der Waals surface area (Å²) < 4.78 is 13.3. The molecule has 0 unspecified atom stereocenters. The summed E-state index contributed by atoms with van der Waals surface area (Å²) in [5, 5.41) is 5.52. The molecule has 2 N–H and O–H groups in total. The lowest BCUT2D eigenvalue weighted by molar-refractivity contribution is -0.116. The molecule has 1 aromatic rings. The van der Waals surface area contributed by atoms with Crippen LogP contribution >= 0.6 is 0 Å². The summed E-state index contributed by atoms with van der Waals surface area (Å²) in [5.41, 5.74) is 1.18. The van der Waals surface area contributed by atoms with Gasteiger partial charge < -0.3 is 10.6 Å². The van der Waals surface area contributed by atoms with Gasteiger partial charge in [-0.2, -0.15) is 0 Å². The SMILES string of the molecule is CNCCCC(=O)Nc1cc(C)ccc1F. The lowest BCUT2D eigenvalue weighted by atomic mass is 10.2. The largest absolute Gasteiger partial charge is 0.324 e. The summed E-state index contributed by atoms with van der Waals surface area (Å²) in [7, 11) is 1.83. The maximum atomic E-state index is 13.3. The predicted molar refractivity (Wildman–Crippen MR) is 62.9 cm³/mol. The number of carbonyl (C=O) groups is 1. The zero-order valence-electron chi connectivity index (χ0n) is 9.64. The zero-order chi connectivity index (χ0) is 12.0. The fourth-order valence-electron chi connectivity index (χ4n) is 1.37. The molecule has 0 aliphatic carbocycles. The Morgan fingerprint density at radius 1 is 1.44 bits per heavy atom. The molecule has 16 heavy (non-hydrogen) atoms. The third-order valence-electron chi connectivity index (χ3n) is 2.23. The number of anilines is 1. The lowest BCUT2D eigenvalue weighted by Gasteiger charge is -2.07. The van der Waals surface area contributed by atoms with Crippen molar-refractivity contribution in [2.75, 3.05) is 18.9 Å². The molecule has 3 nitrogen and oxygen atoms in total. The maximum absolute atomic E-state index is 13.3. The van der Waals surface area contributed by atoms with E-state index in [2.05, 4.69) is 10.6 Å². The van der Waals surface area contributed by atoms with Crippen LogP contribution in [0.25, 0.3) is 0 Å². The van der Waals surface area contributed by atoms with Gasteiger partial charge in [-0.1, -0.05) is 6.07 Å². The predicted octanol–water partition coefficient (Wildman–Crippen LogP) is 2.07. The summed E-state index contributed by atoms with van der Waals surface area (Å²) in [6.07, 6.45) is 1.14. The standard InChI is InChI=1S/C12H17FN2O/c1-9-5-6-10(13)11(8-9)15-12(16)4-3-7-14-2/h5-6,8,14H,3-4,7H2,1-2H3,(H,15,16). The first-order chi connectivity index (χ1) is 7.63. The molecule has 88 valence electrons. The maximum Gasteiger partial charge on any atom is 0.224 e. The van der Waals surface area contributed by atoms with Gasteiger partial charge in [0.2, 0.25) is 5.91 Å². The van der Waals surface area contributed by atoms with E-state index >= 15 is 0 Å². The Bertz CT molecular complexity index is 366. The Morgan fingerprint density at radius 2 is 2.19 bits per heavy atom. The number of rotatable bonds is 5. The average Bonchev–Trinajstić information content (AvgIpc) is 2.24. The van der Waals surface area contributed by atoms with Crippen molar-refractivity contribution < 1.29 is 9.18 Å². The molecule has 1 aromatic carbocycles. The van der Waals surface area contributed by atoms with E-state index in [-0.39, 0.29) is 11.6 Å². The van der Waals surface area contributed by atoms with E-state index in [0.717, 1.165) is 18.5 Å². The third-order valence-corrected chi connectivity index (χ3v) is 2.23. The van der Waals surface area contributed by atoms with Crippen LogP contribution in [-0.2, 0) is 4.79 Å². The number of benzene rings is 1. The molecule has 0 bridgehead atoms. The normalized spacial score (nSPS) is 10.2. The second-order valence-electron chi connectivity index (χ2n) is 3.74. The molecule has 0 heterocycles. The van der Waals surface area contributed by atoms with E-state index in [4.69, 9.17) is 0 Å². The van der Waals surface area contributed by atoms with E-state index in [9.17, 15) is 9.18 Å². The fraction of sp³-hybridized carbons (Fsp3) is 0.417. The summed E-state index contributed by atoms with van der Waals surface area (Å²) in [5.74, 6) is -0.549. The Morgan fingerprint density at radius 3 is 2.88 bits per heavy atom. The number of aryl methyl sites for hydroxylation is 1. The fourth-order valence-corrected chi connectivity index (χ4v) is 1.37. The topological polar surface area (TPSA) is 41.1 Å². The molecule has 0 radical (unpaired) electrons. The van der Waals surface area contributed by atoms with Gasteiger partial charge in [0, 0.05) is 6.42 Å². The van der Waals surface area contributed by atoms with Crippen LogP contribution in [-0.4, -0.2) is 19.5 Å². The Labute approximate surface area is 95.0 Å². The number of hydrogen-bond donors (Lipinski definition) is 2. The second-order valence-corrected chi connectivity index (χ2v) is 3.74. The van der Waals surface area contributed by atoms with Crippen molar-refractivity contribution in [3.8, 4) is 0 Å². The monoisotopic (exact) mass is 224 g/mol. The second kappa shape index (κ2) is 6.23. The quantitative estimate of drug-likeness (QED) is 0.752. The number of nitrogens with one attached hydrogen (secondary N) is 2. The van der Waals surface area contributed by atoms with Crippen molar-refractivity contribution in [3.63, 3.8) is 0 Å². The summed E-state index contributed by atoms with van der Waals surface area (Å²) in [4.78, 5) is 11.4. The first-order valence-corrected chi connectivity index (χ1v) is 5.34. The van der Waals surface area contributed by atoms with Gasteiger partial charge in [0.1, 0.15) is 5.82 Å². The Kier molecular flexibility index (Phi) is 4.92. The molecule has 4 heteroatoms. The van der Waals surface area contributed by atoms with Gasteiger partial charge in [0.05, 0.1) is 5.69 Å². The van der Waals surface area contributed by atoms with Gasteiger partial charge >= 0.3 is 0 Å². The highest BCUT2D eigenvalue weighted by Crippen LogP contribution is 2.15. The molecule has 0 saturated carbocycles. The van der Waals surface area contributed by atoms with E-state index in [1.54, 1.807) is 12.1 Å². The molecular formula is C12H17FN2O. The van der Waals surface area contributed by atoms with Crippen molar-refractivity contribution in [2.45, 2.75) is 19.8 Å². The van der Waals surface area contributed by atoms with Gasteiger partial charge in [-0.3, -0.25) is 4.79 Å². The Balaban J connectivity index is 2.52. The minimum absolute atomic E-state index is 0.153. The van der Waals surface area contributed by atoms with E-state index < -0.39 is 5.82 Å². The molecule has 0 atom stereocenters. The van der Waals surface area contributed by atoms with Crippen molar-refractivity contribution in [1.82, 2.24) is 5.32 Å². The minimum atomic E-state index is -0.396. The van der Waals surface area contributed by atoms with Crippen LogP contribution in [0.15, 0.2) is 18.2 Å².